The highest BCUT2D eigenvalue weighted by Crippen LogP contribution is 2.23. The maximum atomic E-state index is 12.3. The largest absolute Gasteiger partial charge is 0.282 e. The molecule has 2 amide bonds. The van der Waals surface area contributed by atoms with Gasteiger partial charge in [-0.1, -0.05) is 37.1 Å². The van der Waals surface area contributed by atoms with Crippen LogP contribution in [0, 0.1) is 6.92 Å². The van der Waals surface area contributed by atoms with Gasteiger partial charge in [-0.05, 0) is 25.5 Å². The third kappa shape index (κ3) is 2.73. The van der Waals surface area contributed by atoms with E-state index >= 15 is 0 Å². The number of fused-ring (bicyclic) bond motifs is 1. The number of amides is 2. The van der Waals surface area contributed by atoms with E-state index in [2.05, 4.69) is 17.1 Å². The fourth-order valence-electron chi connectivity index (χ4n) is 2.57. The van der Waals surface area contributed by atoms with Crippen molar-refractivity contribution in [3.8, 4) is 0 Å². The Morgan fingerprint density at radius 2 is 1.83 bits per heavy atom. The number of hydrogen-bond acceptors (Lipinski definition) is 4. The van der Waals surface area contributed by atoms with E-state index in [0.29, 0.717) is 27.5 Å². The van der Waals surface area contributed by atoms with Crippen molar-refractivity contribution in [2.24, 2.45) is 5.10 Å². The summed E-state index contributed by atoms with van der Waals surface area (Å²) < 4.78 is 1.71. The summed E-state index contributed by atoms with van der Waals surface area (Å²) in [4.78, 5) is 24.6. The molecule has 0 N–H and O–H groups in total. The van der Waals surface area contributed by atoms with E-state index in [9.17, 15) is 9.59 Å². The molecule has 6 nitrogen and oxygen atoms in total. The molecular formula is C17H17ClN4O2. The molecule has 0 radical (unpaired) electrons. The predicted molar refractivity (Wildman–Crippen MR) is 91.4 cm³/mol. The first-order valence-electron chi connectivity index (χ1n) is 7.79. The number of carbonyl (C=O) groups excluding carboxylic acids is 2. The third-order valence-corrected chi connectivity index (χ3v) is 4.31. The van der Waals surface area contributed by atoms with Gasteiger partial charge in [0.25, 0.3) is 11.8 Å². The molecule has 0 fully saturated rings. The van der Waals surface area contributed by atoms with Crippen LogP contribution >= 0.6 is 11.6 Å². The van der Waals surface area contributed by atoms with E-state index in [1.807, 2.05) is 6.92 Å². The van der Waals surface area contributed by atoms with E-state index in [0.717, 1.165) is 24.4 Å². The number of aromatic nitrogens is 2. The zero-order valence-corrected chi connectivity index (χ0v) is 14.2. The summed E-state index contributed by atoms with van der Waals surface area (Å²) in [5, 5.41) is 9.76. The van der Waals surface area contributed by atoms with Crippen molar-refractivity contribution in [1.29, 1.82) is 0 Å². The maximum Gasteiger partial charge on any atom is 0.282 e. The molecule has 2 heterocycles. The molecule has 24 heavy (non-hydrogen) atoms. The molecule has 0 spiro atoms. The number of imide groups is 1. The van der Waals surface area contributed by atoms with Crippen LogP contribution in [0.2, 0.25) is 5.15 Å². The van der Waals surface area contributed by atoms with Gasteiger partial charge < -0.3 is 0 Å². The highest BCUT2D eigenvalue weighted by Gasteiger charge is 2.35. The zero-order chi connectivity index (χ0) is 17.3. The number of carbonyl (C=O) groups is 2. The van der Waals surface area contributed by atoms with Crippen LogP contribution in [0.1, 0.15) is 51.7 Å². The number of aryl methyl sites for hydroxylation is 2. The molecule has 0 aliphatic carbocycles. The second-order valence-electron chi connectivity index (χ2n) is 5.58. The molecule has 0 bridgehead atoms. The molecule has 2 aromatic rings. The summed E-state index contributed by atoms with van der Waals surface area (Å²) in [5.74, 6) is -0.863. The van der Waals surface area contributed by atoms with Crippen molar-refractivity contribution in [2.45, 2.75) is 33.2 Å². The topological polar surface area (TPSA) is 67.6 Å². The second-order valence-corrected chi connectivity index (χ2v) is 5.94. The lowest BCUT2D eigenvalue weighted by Crippen LogP contribution is -2.24. The summed E-state index contributed by atoms with van der Waals surface area (Å²) in [7, 11) is 0. The van der Waals surface area contributed by atoms with Crippen LogP contribution in [-0.4, -0.2) is 32.8 Å². The lowest BCUT2D eigenvalue weighted by atomic mass is 10.1. The minimum atomic E-state index is -0.431. The number of rotatable bonds is 5. The van der Waals surface area contributed by atoms with Crippen LogP contribution in [0.25, 0.3) is 0 Å². The molecule has 1 aromatic carbocycles. The molecule has 0 atom stereocenters. The van der Waals surface area contributed by atoms with Crippen LogP contribution in [0.4, 0.5) is 0 Å². The molecule has 1 aliphatic heterocycles. The van der Waals surface area contributed by atoms with Crippen LogP contribution in [0.5, 0.6) is 0 Å². The molecule has 3 rings (SSSR count). The maximum absolute atomic E-state index is 12.3. The highest BCUT2D eigenvalue weighted by atomic mass is 35.5. The van der Waals surface area contributed by atoms with E-state index < -0.39 is 11.8 Å². The lowest BCUT2D eigenvalue weighted by Gasteiger charge is -2.05. The normalized spacial score (nSPS) is 14.0. The van der Waals surface area contributed by atoms with Crippen molar-refractivity contribution in [2.75, 3.05) is 0 Å². The molecule has 1 aliphatic rings. The molecule has 0 saturated carbocycles. The minimum Gasteiger partial charge on any atom is -0.267 e. The average molecular weight is 345 g/mol. The van der Waals surface area contributed by atoms with Crippen molar-refractivity contribution in [1.82, 2.24) is 14.8 Å². The first-order chi connectivity index (χ1) is 11.5. The van der Waals surface area contributed by atoms with Gasteiger partial charge in [0.15, 0.2) is 0 Å². The number of benzene rings is 1. The smallest absolute Gasteiger partial charge is 0.267 e. The van der Waals surface area contributed by atoms with Gasteiger partial charge in [-0.3, -0.25) is 14.3 Å². The van der Waals surface area contributed by atoms with E-state index in [1.54, 1.807) is 28.9 Å². The van der Waals surface area contributed by atoms with Gasteiger partial charge in [-0.15, -0.1) is 0 Å². The van der Waals surface area contributed by atoms with Crippen LogP contribution in [-0.2, 0) is 6.54 Å². The third-order valence-electron chi connectivity index (χ3n) is 3.91. The van der Waals surface area contributed by atoms with Gasteiger partial charge in [-0.25, -0.2) is 0 Å². The minimum absolute atomic E-state index is 0.362. The van der Waals surface area contributed by atoms with Crippen molar-refractivity contribution < 1.29 is 9.59 Å². The van der Waals surface area contributed by atoms with Gasteiger partial charge in [0.2, 0.25) is 0 Å². The Hall–Kier alpha value is -2.47. The Balaban J connectivity index is 1.86. The molecule has 1 aromatic heterocycles. The van der Waals surface area contributed by atoms with Crippen molar-refractivity contribution in [3.05, 3.63) is 51.8 Å². The van der Waals surface area contributed by atoms with Gasteiger partial charge in [0.1, 0.15) is 5.15 Å². The molecule has 124 valence electrons. The second kappa shape index (κ2) is 6.57. The first-order valence-corrected chi connectivity index (χ1v) is 8.17. The Bertz CT molecular complexity index is 806. The number of halogens is 1. The Labute approximate surface area is 144 Å². The number of hydrazone groups is 1. The standard InChI is InChI=1S/C17H17ClN4O2/c1-3-4-9-21-15(18)14(11(2)20-21)10-19-22-16(23)12-7-5-6-8-13(12)17(22)24/h5-8,10H,3-4,9H2,1-2H3/b19-10-. The Kier molecular flexibility index (Phi) is 4.49. The number of unbranched alkanes of at least 4 members (excludes halogenated alkanes) is 1. The van der Waals surface area contributed by atoms with Crippen LogP contribution < -0.4 is 0 Å². The fraction of sp³-hybridized carbons (Fsp3) is 0.294. The highest BCUT2D eigenvalue weighted by molar-refractivity contribution is 6.32. The summed E-state index contributed by atoms with van der Waals surface area (Å²) in [6, 6.07) is 6.67. The summed E-state index contributed by atoms with van der Waals surface area (Å²) in [6.07, 6.45) is 3.43. The Morgan fingerprint density at radius 1 is 1.21 bits per heavy atom. The molecule has 0 unspecified atom stereocenters. The number of hydrogen-bond donors (Lipinski definition) is 0. The van der Waals surface area contributed by atoms with Crippen molar-refractivity contribution in [3.63, 3.8) is 0 Å². The number of nitrogens with zero attached hydrogens (tertiary/aromatic N) is 4. The van der Waals surface area contributed by atoms with Crippen LogP contribution in [0.3, 0.4) is 0 Å². The van der Waals surface area contributed by atoms with Crippen molar-refractivity contribution >= 4 is 29.6 Å². The van der Waals surface area contributed by atoms with Gasteiger partial charge >= 0.3 is 0 Å². The van der Waals surface area contributed by atoms with E-state index in [4.69, 9.17) is 11.6 Å². The zero-order valence-electron chi connectivity index (χ0n) is 13.5. The van der Waals surface area contributed by atoms with E-state index in [-0.39, 0.29) is 0 Å². The molecular weight excluding hydrogens is 328 g/mol. The average Bonchev–Trinajstić information content (AvgIpc) is 2.99. The SMILES string of the molecule is CCCCn1nc(C)c(/C=N\N2C(=O)c3ccccc3C2=O)c1Cl. The monoisotopic (exact) mass is 344 g/mol. The molecule has 0 saturated heterocycles. The summed E-state index contributed by atoms with van der Waals surface area (Å²) in [5.41, 5.74) is 2.04. The van der Waals surface area contributed by atoms with Crippen LogP contribution in [0.15, 0.2) is 29.4 Å². The lowest BCUT2D eigenvalue weighted by molar-refractivity contribution is 0.0660. The fourth-order valence-corrected chi connectivity index (χ4v) is 2.87. The van der Waals surface area contributed by atoms with Gasteiger partial charge in [0, 0.05) is 6.54 Å². The van der Waals surface area contributed by atoms with Gasteiger partial charge in [0.05, 0.1) is 28.6 Å². The van der Waals surface area contributed by atoms with Gasteiger partial charge in [-0.2, -0.15) is 15.2 Å². The Morgan fingerprint density at radius 3 is 2.42 bits per heavy atom. The van der Waals surface area contributed by atoms with E-state index in [1.165, 1.54) is 6.21 Å². The quantitative estimate of drug-likeness (QED) is 0.617. The summed E-state index contributed by atoms with van der Waals surface area (Å²) in [6.45, 7) is 4.63. The molecule has 7 heteroatoms. The first kappa shape index (κ1) is 16.4. The summed E-state index contributed by atoms with van der Waals surface area (Å²) >= 11 is 6.33. The predicted octanol–water partition coefficient (Wildman–Crippen LogP) is 3.28.